The average molecular weight is 380 g/mol. The van der Waals surface area contributed by atoms with E-state index in [1.807, 2.05) is 0 Å². The molecule has 5 nitrogen and oxygen atoms in total. The van der Waals surface area contributed by atoms with Crippen LogP contribution in [0.25, 0.3) is 10.9 Å². The molecule has 0 aliphatic carbocycles. The normalized spacial score (nSPS) is 21.7. The number of carbonyl (C=O) groups excluding carboxylic acids is 1. The number of nitrogens with one attached hydrogen (secondary N) is 3. The first kappa shape index (κ1) is 16.3. The predicted octanol–water partition coefficient (Wildman–Crippen LogP) is 2.86. The molecule has 2 aliphatic rings. The fourth-order valence-corrected chi connectivity index (χ4v) is 3.61. The van der Waals surface area contributed by atoms with Crippen LogP contribution in [0, 0.1) is 0 Å². The maximum absolute atomic E-state index is 11.1. The van der Waals surface area contributed by atoms with Crippen LogP contribution < -0.4 is 10.6 Å². The highest BCUT2D eigenvalue weighted by Gasteiger charge is 2.23. The molecule has 1 aromatic heterocycles. The Labute approximate surface area is 145 Å². The number of ether oxygens (including phenoxy) is 1. The van der Waals surface area contributed by atoms with Crippen LogP contribution in [0.1, 0.15) is 29.9 Å². The number of carbonyl (C=O) groups is 1. The van der Waals surface area contributed by atoms with E-state index in [1.165, 1.54) is 34.9 Å². The summed E-state index contributed by atoms with van der Waals surface area (Å²) in [6.07, 6.45) is 5.08. The number of hydrogen-bond donors (Lipinski definition) is 3. The van der Waals surface area contributed by atoms with Crippen LogP contribution in [0.3, 0.4) is 0 Å². The van der Waals surface area contributed by atoms with E-state index in [4.69, 9.17) is 4.74 Å². The molecule has 23 heavy (non-hydrogen) atoms. The van der Waals surface area contributed by atoms with Crippen LogP contribution >= 0.6 is 17.0 Å². The number of benzene rings is 1. The Hall–Kier alpha value is -1.53. The van der Waals surface area contributed by atoms with Gasteiger partial charge in [0.05, 0.1) is 6.04 Å². The lowest BCUT2D eigenvalue weighted by Crippen LogP contribution is -2.28. The third-order valence-electron chi connectivity index (χ3n) is 4.78. The molecule has 1 amide bonds. The Kier molecular flexibility index (Phi) is 4.92. The average Bonchev–Trinajstić information content (AvgIpc) is 3.14. The zero-order chi connectivity index (χ0) is 14.9. The highest BCUT2D eigenvalue weighted by Crippen LogP contribution is 2.32. The lowest BCUT2D eigenvalue weighted by atomic mass is 9.89. The minimum absolute atomic E-state index is 0. The Morgan fingerprint density at radius 2 is 2.04 bits per heavy atom. The summed E-state index contributed by atoms with van der Waals surface area (Å²) >= 11 is 0. The van der Waals surface area contributed by atoms with E-state index in [-0.39, 0.29) is 29.1 Å². The number of piperidine rings is 1. The van der Waals surface area contributed by atoms with Gasteiger partial charge in [0.15, 0.2) is 0 Å². The maximum Gasteiger partial charge on any atom is 0.407 e. The molecule has 124 valence electrons. The molecule has 2 aromatic rings. The maximum atomic E-state index is 11.1. The summed E-state index contributed by atoms with van der Waals surface area (Å²) in [6.45, 7) is 2.66. The molecule has 6 heteroatoms. The van der Waals surface area contributed by atoms with Crippen LogP contribution in [0.4, 0.5) is 4.79 Å². The monoisotopic (exact) mass is 379 g/mol. The first-order valence-corrected chi connectivity index (χ1v) is 8.03. The molecule has 1 unspecified atom stereocenters. The molecule has 2 saturated heterocycles. The summed E-state index contributed by atoms with van der Waals surface area (Å²) in [7, 11) is 0. The van der Waals surface area contributed by atoms with Crippen molar-refractivity contribution in [1.82, 2.24) is 15.6 Å². The SMILES string of the molecule is Br.O=C1NC(Cc2ccc3[nH]cc(C4CCNCC4)c3c2)CO1. The fraction of sp³-hybridized carbons (Fsp3) is 0.471. The molecule has 2 aliphatic heterocycles. The predicted molar refractivity (Wildman–Crippen MR) is 95.4 cm³/mol. The number of fused-ring (bicyclic) bond motifs is 1. The Morgan fingerprint density at radius 1 is 1.22 bits per heavy atom. The van der Waals surface area contributed by atoms with E-state index in [0.29, 0.717) is 12.5 Å². The minimum Gasteiger partial charge on any atom is -0.447 e. The summed E-state index contributed by atoms with van der Waals surface area (Å²) < 4.78 is 4.97. The minimum atomic E-state index is -0.303. The number of aromatic nitrogens is 1. The molecular weight excluding hydrogens is 358 g/mol. The van der Waals surface area contributed by atoms with Crippen molar-refractivity contribution < 1.29 is 9.53 Å². The second-order valence-electron chi connectivity index (χ2n) is 6.29. The fourth-order valence-electron chi connectivity index (χ4n) is 3.61. The molecular formula is C17H22BrN3O2. The van der Waals surface area contributed by atoms with Gasteiger partial charge in [0.2, 0.25) is 0 Å². The van der Waals surface area contributed by atoms with Crippen molar-refractivity contribution in [3.8, 4) is 0 Å². The van der Waals surface area contributed by atoms with E-state index in [2.05, 4.69) is 40.0 Å². The van der Waals surface area contributed by atoms with Crippen LogP contribution in [0.15, 0.2) is 24.4 Å². The number of H-pyrrole nitrogens is 1. The Balaban J connectivity index is 0.00000156. The van der Waals surface area contributed by atoms with Gasteiger partial charge in [-0.1, -0.05) is 6.07 Å². The number of aromatic amines is 1. The topological polar surface area (TPSA) is 66.2 Å². The van der Waals surface area contributed by atoms with Crippen molar-refractivity contribution in [2.24, 2.45) is 0 Å². The number of halogens is 1. The van der Waals surface area contributed by atoms with E-state index in [0.717, 1.165) is 19.5 Å². The van der Waals surface area contributed by atoms with Gasteiger partial charge in [0.1, 0.15) is 6.61 Å². The van der Waals surface area contributed by atoms with Gasteiger partial charge in [-0.3, -0.25) is 0 Å². The third kappa shape index (κ3) is 3.38. The van der Waals surface area contributed by atoms with Crippen molar-refractivity contribution >= 4 is 34.0 Å². The molecule has 4 rings (SSSR count). The molecule has 2 fully saturated rings. The number of amides is 1. The van der Waals surface area contributed by atoms with Gasteiger partial charge in [-0.2, -0.15) is 0 Å². The molecule has 1 atom stereocenters. The lowest BCUT2D eigenvalue weighted by Gasteiger charge is -2.22. The van der Waals surface area contributed by atoms with Gasteiger partial charge in [0.25, 0.3) is 0 Å². The molecule has 1 aromatic carbocycles. The zero-order valence-electron chi connectivity index (χ0n) is 12.9. The standard InChI is InChI=1S/C17H21N3O2.BrH/c21-17-20-13(10-22-17)7-11-1-2-16-14(8-11)15(9-19-16)12-3-5-18-6-4-12;/h1-2,8-9,12-13,18-19H,3-7,10H2,(H,20,21);1H. The first-order chi connectivity index (χ1) is 10.8. The summed E-state index contributed by atoms with van der Waals surface area (Å²) in [4.78, 5) is 14.5. The summed E-state index contributed by atoms with van der Waals surface area (Å²) in [6, 6.07) is 6.64. The molecule has 0 radical (unpaired) electrons. The van der Waals surface area contributed by atoms with Crippen molar-refractivity contribution in [2.75, 3.05) is 19.7 Å². The van der Waals surface area contributed by atoms with Crippen molar-refractivity contribution in [2.45, 2.75) is 31.2 Å². The van der Waals surface area contributed by atoms with Crippen molar-refractivity contribution in [1.29, 1.82) is 0 Å². The second-order valence-corrected chi connectivity index (χ2v) is 6.29. The summed E-state index contributed by atoms with van der Waals surface area (Å²) in [5.41, 5.74) is 3.88. The number of rotatable bonds is 3. The van der Waals surface area contributed by atoms with E-state index in [9.17, 15) is 4.79 Å². The first-order valence-electron chi connectivity index (χ1n) is 8.03. The lowest BCUT2D eigenvalue weighted by molar-refractivity contribution is 0.177. The second kappa shape index (κ2) is 6.93. The molecule has 0 bridgehead atoms. The largest absolute Gasteiger partial charge is 0.447 e. The van der Waals surface area contributed by atoms with E-state index in [1.54, 1.807) is 0 Å². The van der Waals surface area contributed by atoms with Crippen LogP contribution in [-0.2, 0) is 11.2 Å². The van der Waals surface area contributed by atoms with E-state index >= 15 is 0 Å². The number of cyclic esters (lactones) is 1. The van der Waals surface area contributed by atoms with Gasteiger partial charge in [-0.15, -0.1) is 17.0 Å². The van der Waals surface area contributed by atoms with Crippen molar-refractivity contribution in [3.63, 3.8) is 0 Å². The Bertz CT molecular complexity index is 694. The zero-order valence-corrected chi connectivity index (χ0v) is 14.6. The van der Waals surface area contributed by atoms with Crippen LogP contribution in [-0.4, -0.2) is 36.8 Å². The third-order valence-corrected chi connectivity index (χ3v) is 4.78. The van der Waals surface area contributed by atoms with E-state index < -0.39 is 0 Å². The quantitative estimate of drug-likeness (QED) is 0.767. The van der Waals surface area contributed by atoms with Gasteiger partial charge in [-0.25, -0.2) is 4.79 Å². The molecule has 0 saturated carbocycles. The van der Waals surface area contributed by atoms with Gasteiger partial charge in [-0.05, 0) is 61.5 Å². The van der Waals surface area contributed by atoms with Crippen molar-refractivity contribution in [3.05, 3.63) is 35.5 Å². The van der Waals surface area contributed by atoms with Gasteiger partial charge < -0.3 is 20.4 Å². The summed E-state index contributed by atoms with van der Waals surface area (Å²) in [5, 5.41) is 7.60. The molecule has 0 spiro atoms. The highest BCUT2D eigenvalue weighted by molar-refractivity contribution is 8.93. The number of alkyl carbamates (subject to hydrolysis) is 1. The molecule has 3 N–H and O–H groups in total. The van der Waals surface area contributed by atoms with Gasteiger partial charge >= 0.3 is 6.09 Å². The van der Waals surface area contributed by atoms with Crippen LogP contribution in [0.5, 0.6) is 0 Å². The smallest absolute Gasteiger partial charge is 0.407 e. The summed E-state index contributed by atoms with van der Waals surface area (Å²) in [5.74, 6) is 0.639. The van der Waals surface area contributed by atoms with Gasteiger partial charge in [0, 0.05) is 17.1 Å². The van der Waals surface area contributed by atoms with Crippen LogP contribution in [0.2, 0.25) is 0 Å². The molecule has 3 heterocycles. The number of hydrogen-bond acceptors (Lipinski definition) is 3. The Morgan fingerprint density at radius 3 is 2.78 bits per heavy atom. The highest BCUT2D eigenvalue weighted by atomic mass is 79.9.